The Morgan fingerprint density at radius 2 is 1.56 bits per heavy atom. The standard InChI is InChI=1S/C20H13F2O2S/c1-24-20(23)12-6-7-19-17(8-12)16-4-2-3-5-18(16)25(19)15-10-13(21)9-14(22)11-15/h2-11H,1H3/q+1. The summed E-state index contributed by atoms with van der Waals surface area (Å²) in [7, 11) is 0.720. The normalized spacial score (nSPS) is 11.9. The number of thiophene rings is 1. The van der Waals surface area contributed by atoms with Crippen LogP contribution in [0.4, 0.5) is 8.78 Å². The van der Waals surface area contributed by atoms with Crippen molar-refractivity contribution in [1.82, 2.24) is 0 Å². The van der Waals surface area contributed by atoms with E-state index in [-0.39, 0.29) is 0 Å². The van der Waals surface area contributed by atoms with Gasteiger partial charge in [0, 0.05) is 39.4 Å². The molecule has 5 heteroatoms. The number of methoxy groups -OCH3 is 1. The number of carbonyl (C=O) groups excluding carboxylic acids is 1. The van der Waals surface area contributed by atoms with Crippen LogP contribution in [-0.2, 0) is 4.74 Å². The van der Waals surface area contributed by atoms with Gasteiger partial charge in [-0.2, -0.15) is 0 Å². The second kappa shape index (κ2) is 5.93. The largest absolute Gasteiger partial charge is 0.465 e. The van der Waals surface area contributed by atoms with Gasteiger partial charge in [0.25, 0.3) is 0 Å². The summed E-state index contributed by atoms with van der Waals surface area (Å²) in [6.07, 6.45) is 0. The number of esters is 1. The number of ether oxygens (including phenoxy) is 1. The van der Waals surface area contributed by atoms with E-state index in [1.54, 1.807) is 12.1 Å². The van der Waals surface area contributed by atoms with Crippen LogP contribution in [0.1, 0.15) is 10.4 Å². The Bertz CT molecular complexity index is 1110. The van der Waals surface area contributed by atoms with E-state index >= 15 is 0 Å². The molecule has 1 atom stereocenters. The van der Waals surface area contributed by atoms with Crippen molar-refractivity contribution < 1.29 is 18.3 Å². The Labute approximate surface area is 145 Å². The third kappa shape index (κ3) is 2.57. The zero-order valence-electron chi connectivity index (χ0n) is 13.3. The maximum Gasteiger partial charge on any atom is 0.337 e. The first-order chi connectivity index (χ1) is 12.1. The number of benzene rings is 3. The Balaban J connectivity index is 2.10. The second-order valence-corrected chi connectivity index (χ2v) is 7.57. The minimum atomic E-state index is -0.617. The lowest BCUT2D eigenvalue weighted by atomic mass is 10.1. The number of rotatable bonds is 2. The molecule has 0 spiro atoms. The van der Waals surface area contributed by atoms with Crippen molar-refractivity contribution >= 4 is 36.6 Å². The van der Waals surface area contributed by atoms with E-state index in [4.69, 9.17) is 4.74 Å². The van der Waals surface area contributed by atoms with Crippen molar-refractivity contribution in [2.45, 2.75) is 0 Å². The van der Waals surface area contributed by atoms with Crippen molar-refractivity contribution in [3.05, 3.63) is 77.9 Å². The highest BCUT2D eigenvalue weighted by atomic mass is 32.2. The monoisotopic (exact) mass is 355 g/mol. The van der Waals surface area contributed by atoms with Gasteiger partial charge in [-0.05, 0) is 30.3 Å². The van der Waals surface area contributed by atoms with Gasteiger partial charge in [0.2, 0.25) is 0 Å². The van der Waals surface area contributed by atoms with Crippen LogP contribution in [-0.4, -0.2) is 13.1 Å². The molecule has 0 bridgehead atoms. The summed E-state index contributed by atoms with van der Waals surface area (Å²) in [5.41, 5.74) is 0.451. The van der Waals surface area contributed by atoms with Gasteiger partial charge in [0.05, 0.1) is 12.7 Å². The third-order valence-corrected chi connectivity index (χ3v) is 6.39. The Morgan fingerprint density at radius 1 is 0.880 bits per heavy atom. The Morgan fingerprint density at radius 3 is 2.28 bits per heavy atom. The molecular formula is C20H13F2O2S+. The minimum Gasteiger partial charge on any atom is -0.465 e. The fourth-order valence-corrected chi connectivity index (χ4v) is 5.46. The van der Waals surface area contributed by atoms with E-state index in [2.05, 4.69) is 0 Å². The van der Waals surface area contributed by atoms with Crippen molar-refractivity contribution in [2.24, 2.45) is 0 Å². The molecule has 0 radical (unpaired) electrons. The Hall–Kier alpha value is -2.79. The molecule has 4 aromatic rings. The molecule has 0 aliphatic rings. The van der Waals surface area contributed by atoms with Crippen LogP contribution in [0, 0.1) is 11.6 Å². The Kier molecular flexibility index (Phi) is 3.73. The number of carbonyl (C=O) groups is 1. The lowest BCUT2D eigenvalue weighted by molar-refractivity contribution is 0.0601. The molecule has 124 valence electrons. The van der Waals surface area contributed by atoms with Crippen LogP contribution in [0.25, 0.3) is 25.1 Å². The average molecular weight is 355 g/mol. The predicted octanol–water partition coefficient (Wildman–Crippen LogP) is 5.80. The van der Waals surface area contributed by atoms with Gasteiger partial charge < -0.3 is 4.74 Å². The first kappa shape index (κ1) is 15.7. The van der Waals surface area contributed by atoms with Crippen molar-refractivity contribution in [1.29, 1.82) is 0 Å². The van der Waals surface area contributed by atoms with Gasteiger partial charge in [0.15, 0.2) is 14.3 Å². The van der Waals surface area contributed by atoms with Gasteiger partial charge in [-0.3, -0.25) is 0 Å². The zero-order chi connectivity index (χ0) is 17.6. The summed E-state index contributed by atoms with van der Waals surface area (Å²) in [5, 5.41) is 1.86. The molecule has 0 saturated carbocycles. The first-order valence-electron chi connectivity index (χ1n) is 7.60. The highest BCUT2D eigenvalue weighted by Crippen LogP contribution is 2.48. The van der Waals surface area contributed by atoms with Crippen LogP contribution in [0.15, 0.2) is 60.7 Å². The summed E-state index contributed by atoms with van der Waals surface area (Å²) in [4.78, 5) is 12.4. The molecule has 4 rings (SSSR count). The maximum absolute atomic E-state index is 13.8. The van der Waals surface area contributed by atoms with E-state index in [0.717, 1.165) is 26.2 Å². The van der Waals surface area contributed by atoms with Gasteiger partial charge in [0.1, 0.15) is 11.6 Å². The van der Waals surface area contributed by atoms with E-state index in [1.165, 1.54) is 19.2 Å². The average Bonchev–Trinajstić information content (AvgIpc) is 2.94. The SMILES string of the molecule is COC(=O)c1ccc2c(c1)c1ccccc1[s+]2-c1cc(F)cc(F)c1. The van der Waals surface area contributed by atoms with Gasteiger partial charge in [-0.25, -0.2) is 13.6 Å². The van der Waals surface area contributed by atoms with E-state index < -0.39 is 28.1 Å². The maximum atomic E-state index is 13.8. The van der Waals surface area contributed by atoms with Crippen molar-refractivity contribution in [2.75, 3.05) is 7.11 Å². The van der Waals surface area contributed by atoms with E-state index in [0.29, 0.717) is 10.5 Å². The second-order valence-electron chi connectivity index (χ2n) is 5.61. The predicted molar refractivity (Wildman–Crippen MR) is 96.5 cm³/mol. The fourth-order valence-electron chi connectivity index (χ4n) is 3.05. The van der Waals surface area contributed by atoms with E-state index in [1.807, 2.05) is 30.3 Å². The van der Waals surface area contributed by atoms with Crippen LogP contribution < -0.4 is 0 Å². The summed E-state index contributed by atoms with van der Waals surface area (Å²) in [6.45, 7) is 0. The number of fused-ring (bicyclic) bond motifs is 3. The van der Waals surface area contributed by atoms with Crippen molar-refractivity contribution in [3.63, 3.8) is 0 Å². The molecule has 1 aromatic heterocycles. The van der Waals surface area contributed by atoms with E-state index in [9.17, 15) is 13.6 Å². The zero-order valence-corrected chi connectivity index (χ0v) is 14.1. The quantitative estimate of drug-likeness (QED) is 0.336. The smallest absolute Gasteiger partial charge is 0.337 e. The van der Waals surface area contributed by atoms with Crippen LogP contribution in [0.2, 0.25) is 0 Å². The molecule has 1 heterocycles. The number of hydrogen-bond acceptors (Lipinski definition) is 2. The van der Waals surface area contributed by atoms with Crippen LogP contribution in [0.3, 0.4) is 0 Å². The minimum absolute atomic E-state index is 0.413. The molecule has 2 nitrogen and oxygen atoms in total. The molecule has 0 fully saturated rings. The molecule has 0 saturated heterocycles. The summed E-state index contributed by atoms with van der Waals surface area (Å²) in [6, 6.07) is 16.6. The topological polar surface area (TPSA) is 26.3 Å². The molecule has 0 N–H and O–H groups in total. The molecule has 0 amide bonds. The molecule has 0 aliphatic carbocycles. The first-order valence-corrected chi connectivity index (χ1v) is 8.83. The molecule has 1 unspecified atom stereocenters. The van der Waals surface area contributed by atoms with Gasteiger partial charge >= 0.3 is 5.97 Å². The molecule has 0 aliphatic heterocycles. The summed E-state index contributed by atoms with van der Waals surface area (Å²) >= 11 is 0. The lowest BCUT2D eigenvalue weighted by Gasteiger charge is -1.98. The lowest BCUT2D eigenvalue weighted by Crippen LogP contribution is -2.00. The summed E-state index contributed by atoms with van der Waals surface area (Å²) < 4.78 is 34.2. The number of halogens is 2. The fraction of sp³-hybridized carbons (Fsp3) is 0.0500. The molecule has 25 heavy (non-hydrogen) atoms. The van der Waals surface area contributed by atoms with Crippen LogP contribution in [0.5, 0.6) is 0 Å². The van der Waals surface area contributed by atoms with Gasteiger partial charge in [-0.15, -0.1) is 0 Å². The molecule has 3 aromatic carbocycles. The number of hydrogen-bond donors (Lipinski definition) is 0. The van der Waals surface area contributed by atoms with Gasteiger partial charge in [-0.1, -0.05) is 12.1 Å². The van der Waals surface area contributed by atoms with Crippen molar-refractivity contribution in [3.8, 4) is 4.90 Å². The third-order valence-electron chi connectivity index (χ3n) is 4.09. The summed E-state index contributed by atoms with van der Waals surface area (Å²) in [5.74, 6) is -1.61. The highest BCUT2D eigenvalue weighted by molar-refractivity contribution is 7.50. The molecular weight excluding hydrogens is 342 g/mol. The highest BCUT2D eigenvalue weighted by Gasteiger charge is 2.25. The van der Waals surface area contributed by atoms with Crippen LogP contribution >= 0.6 is 10.5 Å².